The number of aryl methyl sites for hydroxylation is 2. The number of hydrogen-bond donors (Lipinski definition) is 0. The van der Waals surface area contributed by atoms with Gasteiger partial charge in [0.05, 0.1) is 20.0 Å². The van der Waals surface area contributed by atoms with Gasteiger partial charge in [-0.15, -0.1) is 0 Å². The van der Waals surface area contributed by atoms with Crippen molar-refractivity contribution in [3.63, 3.8) is 0 Å². The lowest BCUT2D eigenvalue weighted by atomic mass is 10.1. The SMILES string of the molecule is COc1cccc(CC(=O)CN(C)c2nc(-c3cn(C)cn3)nc3c2CCC3)c1. The fourth-order valence-corrected chi connectivity index (χ4v) is 3.78. The predicted octanol–water partition coefficient (Wildman–Crippen LogP) is 2.62. The molecule has 1 aromatic carbocycles. The van der Waals surface area contributed by atoms with E-state index in [1.54, 1.807) is 13.4 Å². The van der Waals surface area contributed by atoms with Crippen molar-refractivity contribution in [1.29, 1.82) is 0 Å². The molecule has 0 aliphatic heterocycles. The second kappa shape index (κ2) is 8.03. The maximum atomic E-state index is 12.7. The maximum absolute atomic E-state index is 12.7. The van der Waals surface area contributed by atoms with E-state index in [9.17, 15) is 4.79 Å². The van der Waals surface area contributed by atoms with Crippen molar-refractivity contribution >= 4 is 11.6 Å². The summed E-state index contributed by atoms with van der Waals surface area (Å²) in [5.41, 5.74) is 3.92. The van der Waals surface area contributed by atoms with Crippen LogP contribution in [-0.2, 0) is 31.1 Å². The summed E-state index contributed by atoms with van der Waals surface area (Å²) in [5.74, 6) is 2.35. The Balaban J connectivity index is 1.55. The molecule has 0 spiro atoms. The zero-order valence-electron chi connectivity index (χ0n) is 17.1. The fraction of sp³-hybridized carbons (Fsp3) is 0.364. The van der Waals surface area contributed by atoms with Crippen molar-refractivity contribution in [2.75, 3.05) is 25.6 Å². The highest BCUT2D eigenvalue weighted by atomic mass is 16.5. The number of fused-ring (bicyclic) bond motifs is 1. The van der Waals surface area contributed by atoms with Gasteiger partial charge >= 0.3 is 0 Å². The van der Waals surface area contributed by atoms with Crippen LogP contribution in [0.15, 0.2) is 36.8 Å². The Bertz CT molecular complexity index is 1040. The van der Waals surface area contributed by atoms with Gasteiger partial charge in [0.15, 0.2) is 11.6 Å². The normalized spacial score (nSPS) is 12.7. The number of nitrogens with zero attached hydrogens (tertiary/aromatic N) is 5. The van der Waals surface area contributed by atoms with E-state index in [0.717, 1.165) is 53.3 Å². The number of likely N-dealkylation sites (N-methyl/N-ethyl adjacent to an activating group) is 1. The number of benzene rings is 1. The highest BCUT2D eigenvalue weighted by Gasteiger charge is 2.23. The first kappa shape index (κ1) is 19.1. The van der Waals surface area contributed by atoms with Gasteiger partial charge in [-0.3, -0.25) is 4.79 Å². The molecule has 0 unspecified atom stereocenters. The van der Waals surface area contributed by atoms with Crippen molar-refractivity contribution in [1.82, 2.24) is 19.5 Å². The molecule has 3 aromatic rings. The average molecular weight is 391 g/mol. The predicted molar refractivity (Wildman–Crippen MR) is 111 cm³/mol. The fourth-order valence-electron chi connectivity index (χ4n) is 3.78. The number of hydrogen-bond acceptors (Lipinski definition) is 6. The van der Waals surface area contributed by atoms with E-state index >= 15 is 0 Å². The molecule has 7 heteroatoms. The summed E-state index contributed by atoms with van der Waals surface area (Å²) in [7, 11) is 5.48. The number of carbonyl (C=O) groups excluding carboxylic acids is 1. The second-order valence-electron chi connectivity index (χ2n) is 7.50. The Kier molecular flexibility index (Phi) is 5.29. The Hall–Kier alpha value is -3.22. The van der Waals surface area contributed by atoms with Gasteiger partial charge in [-0.2, -0.15) is 0 Å². The van der Waals surface area contributed by atoms with Gasteiger partial charge in [0, 0.05) is 38.0 Å². The maximum Gasteiger partial charge on any atom is 0.182 e. The molecule has 2 aromatic heterocycles. The van der Waals surface area contributed by atoms with Crippen LogP contribution in [0.5, 0.6) is 5.75 Å². The molecule has 4 rings (SSSR count). The molecule has 0 bridgehead atoms. The smallest absolute Gasteiger partial charge is 0.182 e. The summed E-state index contributed by atoms with van der Waals surface area (Å²) in [6.07, 6.45) is 6.97. The van der Waals surface area contributed by atoms with Crippen molar-refractivity contribution in [3.8, 4) is 17.3 Å². The quantitative estimate of drug-likeness (QED) is 0.616. The van der Waals surface area contributed by atoms with E-state index in [4.69, 9.17) is 14.7 Å². The van der Waals surface area contributed by atoms with Crippen LogP contribution < -0.4 is 9.64 Å². The third kappa shape index (κ3) is 4.13. The highest BCUT2D eigenvalue weighted by molar-refractivity contribution is 5.85. The minimum Gasteiger partial charge on any atom is -0.497 e. The summed E-state index contributed by atoms with van der Waals surface area (Å²) in [5, 5.41) is 0. The zero-order valence-corrected chi connectivity index (χ0v) is 17.1. The monoisotopic (exact) mass is 391 g/mol. The summed E-state index contributed by atoms with van der Waals surface area (Å²) in [4.78, 5) is 28.6. The molecular formula is C22H25N5O2. The van der Waals surface area contributed by atoms with E-state index in [1.165, 1.54) is 0 Å². The van der Waals surface area contributed by atoms with E-state index in [1.807, 2.05) is 54.0 Å². The van der Waals surface area contributed by atoms with Crippen molar-refractivity contribution < 1.29 is 9.53 Å². The average Bonchev–Trinajstić information content (AvgIpc) is 3.35. The number of anilines is 1. The number of Topliss-reactive ketones (excluding diaryl/α,β-unsaturated/α-hetero) is 1. The number of methoxy groups -OCH3 is 1. The van der Waals surface area contributed by atoms with Gasteiger partial charge in [0.25, 0.3) is 0 Å². The lowest BCUT2D eigenvalue weighted by molar-refractivity contribution is -0.117. The van der Waals surface area contributed by atoms with Crippen LogP contribution in [0.2, 0.25) is 0 Å². The summed E-state index contributed by atoms with van der Waals surface area (Å²) >= 11 is 0. The molecule has 29 heavy (non-hydrogen) atoms. The van der Waals surface area contributed by atoms with Gasteiger partial charge in [0.1, 0.15) is 17.3 Å². The van der Waals surface area contributed by atoms with Gasteiger partial charge in [0.2, 0.25) is 0 Å². The van der Waals surface area contributed by atoms with Crippen molar-refractivity contribution in [2.24, 2.45) is 7.05 Å². The minimum atomic E-state index is 0.130. The lowest BCUT2D eigenvalue weighted by Crippen LogP contribution is -2.28. The van der Waals surface area contributed by atoms with Crippen LogP contribution in [0, 0.1) is 0 Å². The molecule has 7 nitrogen and oxygen atoms in total. The largest absolute Gasteiger partial charge is 0.497 e. The molecule has 1 aliphatic rings. The van der Waals surface area contributed by atoms with Gasteiger partial charge in [-0.25, -0.2) is 15.0 Å². The molecule has 0 atom stereocenters. The Morgan fingerprint density at radius 3 is 2.90 bits per heavy atom. The van der Waals surface area contributed by atoms with E-state index in [-0.39, 0.29) is 5.78 Å². The molecule has 0 amide bonds. The van der Waals surface area contributed by atoms with Gasteiger partial charge in [-0.05, 0) is 37.0 Å². The topological polar surface area (TPSA) is 73.1 Å². The molecule has 0 N–H and O–H groups in total. The molecule has 0 saturated heterocycles. The van der Waals surface area contributed by atoms with Crippen molar-refractivity contribution in [3.05, 3.63) is 53.6 Å². The summed E-state index contributed by atoms with van der Waals surface area (Å²) < 4.78 is 7.13. The van der Waals surface area contributed by atoms with Gasteiger partial charge in [-0.1, -0.05) is 12.1 Å². The third-order valence-corrected chi connectivity index (χ3v) is 5.16. The van der Waals surface area contributed by atoms with Crippen LogP contribution in [-0.4, -0.2) is 46.0 Å². The van der Waals surface area contributed by atoms with Crippen LogP contribution in [0.25, 0.3) is 11.5 Å². The van der Waals surface area contributed by atoms with Crippen LogP contribution in [0.3, 0.4) is 0 Å². The standard InChI is InChI=1S/C22H25N5O2/c1-26-13-20(23-14-26)21-24-19-9-5-8-18(19)22(25-21)27(2)12-16(28)10-15-6-4-7-17(11-15)29-3/h4,6-7,11,13-14H,5,8-10,12H2,1-3H3. The van der Waals surface area contributed by atoms with Crippen molar-refractivity contribution in [2.45, 2.75) is 25.7 Å². The first-order valence-electron chi connectivity index (χ1n) is 9.77. The summed E-state index contributed by atoms with van der Waals surface area (Å²) in [6, 6.07) is 7.63. The number of rotatable bonds is 7. The number of imidazole rings is 1. The number of ether oxygens (including phenoxy) is 1. The van der Waals surface area contributed by atoms with E-state index < -0.39 is 0 Å². The van der Waals surface area contributed by atoms with Crippen LogP contribution >= 0.6 is 0 Å². The molecule has 1 aliphatic carbocycles. The van der Waals surface area contributed by atoms with Crippen LogP contribution in [0.4, 0.5) is 5.82 Å². The summed E-state index contributed by atoms with van der Waals surface area (Å²) in [6.45, 7) is 0.294. The molecular weight excluding hydrogens is 366 g/mol. The zero-order chi connectivity index (χ0) is 20.4. The lowest BCUT2D eigenvalue weighted by Gasteiger charge is -2.21. The van der Waals surface area contributed by atoms with Crippen LogP contribution in [0.1, 0.15) is 23.2 Å². The molecule has 0 fully saturated rings. The second-order valence-corrected chi connectivity index (χ2v) is 7.50. The molecule has 0 radical (unpaired) electrons. The Labute approximate surface area is 170 Å². The number of ketones is 1. The first-order valence-corrected chi connectivity index (χ1v) is 9.77. The Morgan fingerprint density at radius 1 is 1.28 bits per heavy atom. The Morgan fingerprint density at radius 2 is 2.14 bits per heavy atom. The van der Waals surface area contributed by atoms with E-state index in [0.29, 0.717) is 18.8 Å². The molecule has 2 heterocycles. The minimum absolute atomic E-state index is 0.130. The van der Waals surface area contributed by atoms with Gasteiger partial charge < -0.3 is 14.2 Å². The van der Waals surface area contributed by atoms with E-state index in [2.05, 4.69) is 4.98 Å². The third-order valence-electron chi connectivity index (χ3n) is 5.16. The number of aromatic nitrogens is 4. The first-order chi connectivity index (χ1) is 14.0. The molecule has 150 valence electrons. The highest BCUT2D eigenvalue weighted by Crippen LogP contribution is 2.30. The molecule has 0 saturated carbocycles. The number of carbonyl (C=O) groups is 1.